The average molecular weight is 446 g/mol. The van der Waals surface area contributed by atoms with Gasteiger partial charge >= 0.3 is 6.43 Å². The third-order valence-corrected chi connectivity index (χ3v) is 4.42. The molecule has 0 aliphatic carbocycles. The van der Waals surface area contributed by atoms with Gasteiger partial charge in [-0.1, -0.05) is 0 Å². The van der Waals surface area contributed by atoms with E-state index in [0.717, 1.165) is 12.1 Å². The maximum atomic E-state index is 14.7. The van der Waals surface area contributed by atoms with E-state index in [1.807, 2.05) is 0 Å². The van der Waals surface area contributed by atoms with Gasteiger partial charge in [0.1, 0.15) is 11.6 Å². The SMILES string of the molecule is C/C(=C\c1nnnn1Cc1c(F)cc(-c2nnc(C(F)F)o2)cc1F)c1ccc(N)cn1. The van der Waals surface area contributed by atoms with E-state index < -0.39 is 29.8 Å². The van der Waals surface area contributed by atoms with Gasteiger partial charge in [-0.15, -0.1) is 15.3 Å². The summed E-state index contributed by atoms with van der Waals surface area (Å²) in [5.41, 5.74) is 6.94. The minimum absolute atomic E-state index is 0.176. The van der Waals surface area contributed by atoms with Crippen LogP contribution in [0.15, 0.2) is 34.9 Å². The first kappa shape index (κ1) is 21.1. The lowest BCUT2D eigenvalue weighted by atomic mass is 10.1. The van der Waals surface area contributed by atoms with Crippen LogP contribution in [0.2, 0.25) is 0 Å². The zero-order valence-corrected chi connectivity index (χ0v) is 16.4. The molecular formula is C19H14F4N8O. The summed E-state index contributed by atoms with van der Waals surface area (Å²) in [6, 6.07) is 5.21. The number of nitrogens with two attached hydrogens (primary N) is 1. The zero-order valence-electron chi connectivity index (χ0n) is 16.4. The van der Waals surface area contributed by atoms with E-state index in [2.05, 4.69) is 30.7 Å². The molecule has 0 spiro atoms. The molecule has 0 bridgehead atoms. The molecule has 1 aromatic carbocycles. The third-order valence-electron chi connectivity index (χ3n) is 4.42. The van der Waals surface area contributed by atoms with Crippen LogP contribution in [0.4, 0.5) is 23.2 Å². The molecule has 4 rings (SSSR count). The summed E-state index contributed by atoms with van der Waals surface area (Å²) in [6.07, 6.45) is 0.103. The van der Waals surface area contributed by atoms with Crippen molar-refractivity contribution in [3.05, 3.63) is 65.1 Å². The Labute approximate surface area is 177 Å². The molecule has 164 valence electrons. The van der Waals surface area contributed by atoms with Gasteiger partial charge in [0, 0.05) is 11.1 Å². The van der Waals surface area contributed by atoms with E-state index >= 15 is 0 Å². The molecule has 32 heavy (non-hydrogen) atoms. The van der Waals surface area contributed by atoms with Gasteiger partial charge < -0.3 is 10.2 Å². The van der Waals surface area contributed by atoms with Crippen molar-refractivity contribution >= 4 is 17.3 Å². The van der Waals surface area contributed by atoms with Gasteiger partial charge in [0.15, 0.2) is 5.82 Å². The molecule has 3 heterocycles. The first-order chi connectivity index (χ1) is 15.3. The van der Waals surface area contributed by atoms with E-state index in [1.165, 1.54) is 10.9 Å². The van der Waals surface area contributed by atoms with Crippen molar-refractivity contribution in [3.8, 4) is 11.5 Å². The Balaban J connectivity index is 1.61. The number of alkyl halides is 2. The molecule has 9 nitrogen and oxygen atoms in total. The van der Waals surface area contributed by atoms with Crippen LogP contribution in [0, 0.1) is 11.6 Å². The summed E-state index contributed by atoms with van der Waals surface area (Å²) in [4.78, 5) is 4.19. The fraction of sp³-hybridized carbons (Fsp3) is 0.158. The summed E-state index contributed by atoms with van der Waals surface area (Å²) >= 11 is 0. The lowest BCUT2D eigenvalue weighted by molar-refractivity contribution is 0.116. The van der Waals surface area contributed by atoms with E-state index in [1.54, 1.807) is 25.1 Å². The minimum atomic E-state index is -3.00. The number of tetrazole rings is 1. The summed E-state index contributed by atoms with van der Waals surface area (Å²) in [7, 11) is 0. The second-order valence-corrected chi connectivity index (χ2v) is 6.66. The smallest absolute Gasteiger partial charge is 0.314 e. The van der Waals surface area contributed by atoms with Crippen LogP contribution in [0.3, 0.4) is 0 Å². The van der Waals surface area contributed by atoms with E-state index in [-0.39, 0.29) is 23.5 Å². The van der Waals surface area contributed by atoms with Crippen LogP contribution in [-0.2, 0) is 6.54 Å². The Kier molecular flexibility index (Phi) is 5.62. The molecule has 3 aromatic heterocycles. The van der Waals surface area contributed by atoms with Gasteiger partial charge in [-0.05, 0) is 53.3 Å². The van der Waals surface area contributed by atoms with Gasteiger partial charge in [-0.2, -0.15) is 8.78 Å². The van der Waals surface area contributed by atoms with Crippen molar-refractivity contribution in [1.82, 2.24) is 35.4 Å². The number of hydrogen-bond acceptors (Lipinski definition) is 8. The molecule has 0 saturated heterocycles. The Morgan fingerprint density at radius 2 is 1.91 bits per heavy atom. The Morgan fingerprint density at radius 3 is 2.53 bits per heavy atom. The molecule has 13 heteroatoms. The molecule has 2 N–H and O–H groups in total. The number of rotatable bonds is 6. The number of aromatic nitrogens is 7. The maximum Gasteiger partial charge on any atom is 0.314 e. The summed E-state index contributed by atoms with van der Waals surface area (Å²) in [5.74, 6) is -3.05. The Morgan fingerprint density at radius 1 is 1.16 bits per heavy atom. The molecule has 0 atom stereocenters. The standard InChI is InChI=1S/C19H14F4N8O/c1-9(15-3-2-11(24)7-25-15)4-16-26-29-30-31(16)8-12-13(20)5-10(6-14(12)21)18-27-28-19(32-18)17(22)23/h2-7,17H,8,24H2,1H3/b9-4+. The van der Waals surface area contributed by atoms with Crippen LogP contribution < -0.4 is 5.73 Å². The third kappa shape index (κ3) is 4.31. The van der Waals surface area contributed by atoms with Crippen LogP contribution in [0.25, 0.3) is 23.1 Å². The highest BCUT2D eigenvalue weighted by molar-refractivity contribution is 5.76. The van der Waals surface area contributed by atoms with Crippen molar-refractivity contribution in [2.45, 2.75) is 19.9 Å². The van der Waals surface area contributed by atoms with Crippen LogP contribution in [-0.4, -0.2) is 35.4 Å². The highest BCUT2D eigenvalue weighted by Crippen LogP contribution is 2.27. The maximum absolute atomic E-state index is 14.7. The monoisotopic (exact) mass is 446 g/mol. The molecule has 0 aliphatic heterocycles. The highest BCUT2D eigenvalue weighted by Gasteiger charge is 2.20. The normalized spacial score (nSPS) is 12.0. The molecule has 0 amide bonds. The molecule has 0 saturated carbocycles. The van der Waals surface area contributed by atoms with Gasteiger partial charge in [0.05, 0.1) is 24.1 Å². The van der Waals surface area contributed by atoms with Crippen molar-refractivity contribution < 1.29 is 22.0 Å². The predicted octanol–water partition coefficient (Wildman–Crippen LogP) is 3.52. The minimum Gasteiger partial charge on any atom is -0.415 e. The summed E-state index contributed by atoms with van der Waals surface area (Å²) in [6.45, 7) is 1.44. The quantitative estimate of drug-likeness (QED) is 0.447. The van der Waals surface area contributed by atoms with Crippen LogP contribution in [0.1, 0.15) is 36.3 Å². The van der Waals surface area contributed by atoms with Gasteiger partial charge in [0.2, 0.25) is 5.89 Å². The fourth-order valence-corrected chi connectivity index (χ4v) is 2.80. The van der Waals surface area contributed by atoms with E-state index in [9.17, 15) is 17.6 Å². The molecule has 0 aliphatic rings. The van der Waals surface area contributed by atoms with Crippen molar-refractivity contribution in [1.29, 1.82) is 0 Å². The first-order valence-corrected chi connectivity index (χ1v) is 9.08. The second-order valence-electron chi connectivity index (χ2n) is 6.66. The topological polar surface area (TPSA) is 121 Å². The summed E-state index contributed by atoms with van der Waals surface area (Å²) in [5, 5.41) is 17.7. The molecular weight excluding hydrogens is 432 g/mol. The summed E-state index contributed by atoms with van der Waals surface area (Å²) < 4.78 is 60.4. The molecule has 0 unspecified atom stereocenters. The Hall–Kier alpha value is -4.16. The Bertz CT molecular complexity index is 1260. The van der Waals surface area contributed by atoms with Crippen molar-refractivity contribution in [3.63, 3.8) is 0 Å². The molecule has 4 aromatic rings. The number of anilines is 1. The van der Waals surface area contributed by atoms with Gasteiger partial charge in [0.25, 0.3) is 5.89 Å². The largest absolute Gasteiger partial charge is 0.415 e. The highest BCUT2D eigenvalue weighted by atomic mass is 19.3. The van der Waals surface area contributed by atoms with E-state index in [4.69, 9.17) is 10.2 Å². The average Bonchev–Trinajstić information content (AvgIpc) is 3.41. The number of halogens is 4. The zero-order chi connectivity index (χ0) is 22.8. The van der Waals surface area contributed by atoms with Crippen molar-refractivity contribution in [2.75, 3.05) is 5.73 Å². The number of hydrogen-bond donors (Lipinski definition) is 1. The van der Waals surface area contributed by atoms with Gasteiger partial charge in [-0.25, -0.2) is 13.5 Å². The first-order valence-electron chi connectivity index (χ1n) is 9.08. The fourth-order valence-electron chi connectivity index (χ4n) is 2.80. The van der Waals surface area contributed by atoms with Crippen LogP contribution in [0.5, 0.6) is 0 Å². The second kappa shape index (κ2) is 8.53. The van der Waals surface area contributed by atoms with Crippen LogP contribution >= 0.6 is 0 Å². The molecule has 0 radical (unpaired) electrons. The lowest BCUT2D eigenvalue weighted by Gasteiger charge is -2.08. The molecule has 0 fully saturated rings. The van der Waals surface area contributed by atoms with E-state index in [0.29, 0.717) is 17.0 Å². The lowest BCUT2D eigenvalue weighted by Crippen LogP contribution is -2.09. The number of benzene rings is 1. The number of nitrogens with zero attached hydrogens (tertiary/aromatic N) is 7. The predicted molar refractivity (Wildman–Crippen MR) is 104 cm³/mol. The number of pyridine rings is 1. The number of nitrogen functional groups attached to an aromatic ring is 1. The van der Waals surface area contributed by atoms with Gasteiger partial charge in [-0.3, -0.25) is 4.98 Å². The van der Waals surface area contributed by atoms with Crippen molar-refractivity contribution in [2.24, 2.45) is 0 Å². The number of allylic oxidation sites excluding steroid dienone is 1.